The number of benzene rings is 1. The molecule has 3 N–H and O–H groups in total. The highest BCUT2D eigenvalue weighted by Crippen LogP contribution is 2.14. The van der Waals surface area contributed by atoms with Gasteiger partial charge < -0.3 is 10.5 Å². The van der Waals surface area contributed by atoms with Gasteiger partial charge in [0.2, 0.25) is 0 Å². The Labute approximate surface area is 87.1 Å². The number of nitrogens with two attached hydrogens (primary N) is 1. The molecule has 0 heterocycles. The number of carbonyl (C=O) groups is 1. The molecule has 1 aromatic rings. The van der Waals surface area contributed by atoms with Crippen LogP contribution in [0.5, 0.6) is 5.75 Å². The number of hydrogen-bond acceptors (Lipinski definition) is 4. The van der Waals surface area contributed by atoms with Crippen LogP contribution in [0.3, 0.4) is 0 Å². The summed E-state index contributed by atoms with van der Waals surface area (Å²) in [6.45, 7) is 0. The minimum Gasteiger partial charge on any atom is -0.497 e. The van der Waals surface area contributed by atoms with Crippen molar-refractivity contribution in [2.45, 2.75) is 4.90 Å². The van der Waals surface area contributed by atoms with Crippen LogP contribution in [-0.2, 0) is 10.0 Å². The Balaban J connectivity index is 3.01. The molecule has 82 valence electrons. The van der Waals surface area contributed by atoms with E-state index in [-0.39, 0.29) is 4.90 Å². The Kier molecular flexibility index (Phi) is 3.15. The number of primary amides is 1. The molecule has 1 rings (SSSR count). The number of sulfonamides is 1. The van der Waals surface area contributed by atoms with Crippen molar-refractivity contribution in [3.8, 4) is 5.75 Å². The fraction of sp³-hybridized carbons (Fsp3) is 0.125. The molecule has 0 unspecified atom stereocenters. The van der Waals surface area contributed by atoms with E-state index in [9.17, 15) is 13.2 Å². The topological polar surface area (TPSA) is 98.5 Å². The average molecular weight is 230 g/mol. The van der Waals surface area contributed by atoms with Gasteiger partial charge in [-0.3, -0.25) is 0 Å². The first-order valence-electron chi connectivity index (χ1n) is 3.92. The van der Waals surface area contributed by atoms with Crippen molar-refractivity contribution in [3.63, 3.8) is 0 Å². The number of rotatable bonds is 3. The SMILES string of the molecule is COc1ccc(S(=O)(=O)NC(N)=O)cc1. The molecule has 0 fully saturated rings. The second-order valence-electron chi connectivity index (χ2n) is 2.65. The molecule has 0 radical (unpaired) electrons. The fourth-order valence-electron chi connectivity index (χ4n) is 0.946. The highest BCUT2D eigenvalue weighted by Gasteiger charge is 2.15. The molecule has 0 saturated heterocycles. The van der Waals surface area contributed by atoms with E-state index < -0.39 is 16.1 Å². The van der Waals surface area contributed by atoms with E-state index in [0.29, 0.717) is 5.75 Å². The van der Waals surface area contributed by atoms with Gasteiger partial charge in [-0.2, -0.15) is 0 Å². The van der Waals surface area contributed by atoms with Gasteiger partial charge >= 0.3 is 6.03 Å². The predicted octanol–water partition coefficient (Wildman–Crippen LogP) is 0.0522. The lowest BCUT2D eigenvalue weighted by molar-refractivity contribution is 0.253. The summed E-state index contributed by atoms with van der Waals surface area (Å²) in [5.41, 5.74) is 4.72. The number of hydrogen-bond donors (Lipinski definition) is 2. The first kappa shape index (κ1) is 11.3. The van der Waals surface area contributed by atoms with Crippen molar-refractivity contribution < 1.29 is 17.9 Å². The highest BCUT2D eigenvalue weighted by atomic mass is 32.2. The van der Waals surface area contributed by atoms with Crippen molar-refractivity contribution in [3.05, 3.63) is 24.3 Å². The summed E-state index contributed by atoms with van der Waals surface area (Å²) in [7, 11) is -2.40. The zero-order valence-electron chi connectivity index (χ0n) is 7.93. The van der Waals surface area contributed by atoms with Gasteiger partial charge in [0.25, 0.3) is 10.0 Å². The van der Waals surface area contributed by atoms with Crippen LogP contribution in [0.25, 0.3) is 0 Å². The Morgan fingerprint density at radius 1 is 1.33 bits per heavy atom. The molecule has 0 spiro atoms. The van der Waals surface area contributed by atoms with Gasteiger partial charge in [0.1, 0.15) is 5.75 Å². The molecule has 0 bridgehead atoms. The molecule has 0 saturated carbocycles. The second kappa shape index (κ2) is 4.18. The van der Waals surface area contributed by atoms with Gasteiger partial charge in [0.05, 0.1) is 12.0 Å². The number of methoxy groups -OCH3 is 1. The number of urea groups is 1. The monoisotopic (exact) mass is 230 g/mol. The summed E-state index contributed by atoms with van der Waals surface area (Å²) in [4.78, 5) is 10.4. The van der Waals surface area contributed by atoms with Crippen molar-refractivity contribution in [1.82, 2.24) is 4.72 Å². The van der Waals surface area contributed by atoms with Gasteiger partial charge in [0.15, 0.2) is 0 Å². The molecule has 0 aliphatic heterocycles. The Bertz CT molecular complexity index is 452. The van der Waals surface area contributed by atoms with E-state index in [2.05, 4.69) is 0 Å². The Morgan fingerprint density at radius 2 is 1.87 bits per heavy atom. The van der Waals surface area contributed by atoms with Gasteiger partial charge in [0, 0.05) is 0 Å². The molecule has 0 aromatic heterocycles. The summed E-state index contributed by atoms with van der Waals surface area (Å²) in [6.07, 6.45) is 0. The summed E-state index contributed by atoms with van der Waals surface area (Å²) < 4.78 is 29.3. The minimum absolute atomic E-state index is 0.0536. The maximum absolute atomic E-state index is 11.4. The van der Waals surface area contributed by atoms with E-state index >= 15 is 0 Å². The van der Waals surface area contributed by atoms with Crippen LogP contribution in [-0.4, -0.2) is 21.6 Å². The lowest BCUT2D eigenvalue weighted by Crippen LogP contribution is -2.34. The van der Waals surface area contributed by atoms with Gasteiger partial charge in [-0.15, -0.1) is 0 Å². The number of ether oxygens (including phenoxy) is 1. The van der Waals surface area contributed by atoms with Crippen LogP contribution < -0.4 is 15.2 Å². The molecular weight excluding hydrogens is 220 g/mol. The van der Waals surface area contributed by atoms with Crippen LogP contribution in [0.1, 0.15) is 0 Å². The maximum Gasteiger partial charge on any atom is 0.326 e. The van der Waals surface area contributed by atoms with E-state index in [0.717, 1.165) is 0 Å². The molecule has 2 amide bonds. The average Bonchev–Trinajstić information content (AvgIpc) is 2.16. The Morgan fingerprint density at radius 3 is 2.27 bits per heavy atom. The summed E-state index contributed by atoms with van der Waals surface area (Å²) >= 11 is 0. The van der Waals surface area contributed by atoms with Crippen molar-refractivity contribution in [1.29, 1.82) is 0 Å². The van der Waals surface area contributed by atoms with Gasteiger partial charge in [-0.25, -0.2) is 17.9 Å². The van der Waals surface area contributed by atoms with Crippen molar-refractivity contribution in [2.75, 3.05) is 7.11 Å². The number of carbonyl (C=O) groups excluding carboxylic acids is 1. The lowest BCUT2D eigenvalue weighted by Gasteiger charge is -2.04. The van der Waals surface area contributed by atoms with Crippen LogP contribution >= 0.6 is 0 Å². The summed E-state index contributed by atoms with van der Waals surface area (Å²) in [6, 6.07) is 4.44. The van der Waals surface area contributed by atoms with Crippen LogP contribution in [0, 0.1) is 0 Å². The molecule has 0 aliphatic carbocycles. The highest BCUT2D eigenvalue weighted by molar-refractivity contribution is 7.90. The third kappa shape index (κ3) is 2.84. The predicted molar refractivity (Wildman–Crippen MR) is 52.9 cm³/mol. The van der Waals surface area contributed by atoms with E-state index in [1.807, 2.05) is 0 Å². The van der Waals surface area contributed by atoms with E-state index in [4.69, 9.17) is 10.5 Å². The van der Waals surface area contributed by atoms with E-state index in [1.54, 1.807) is 4.72 Å². The largest absolute Gasteiger partial charge is 0.497 e. The summed E-state index contributed by atoms with van der Waals surface area (Å²) in [5.74, 6) is 0.521. The molecule has 0 atom stereocenters. The van der Waals surface area contributed by atoms with E-state index in [1.165, 1.54) is 31.4 Å². The van der Waals surface area contributed by atoms with Crippen molar-refractivity contribution in [2.24, 2.45) is 5.73 Å². The lowest BCUT2D eigenvalue weighted by atomic mass is 10.3. The standard InChI is InChI=1S/C8H10N2O4S/c1-14-6-2-4-7(5-3-6)15(12,13)10-8(9)11/h2-5H,1H3,(H3,9,10,11). The Hall–Kier alpha value is -1.76. The molecule has 15 heavy (non-hydrogen) atoms. The fourth-order valence-corrected chi connectivity index (χ4v) is 1.82. The first-order valence-corrected chi connectivity index (χ1v) is 5.40. The number of amides is 2. The molecular formula is C8H10N2O4S. The maximum atomic E-state index is 11.4. The smallest absolute Gasteiger partial charge is 0.326 e. The molecule has 0 aliphatic rings. The first-order chi connectivity index (χ1) is 6.95. The zero-order chi connectivity index (χ0) is 11.5. The van der Waals surface area contributed by atoms with Gasteiger partial charge in [-0.05, 0) is 24.3 Å². The second-order valence-corrected chi connectivity index (χ2v) is 4.33. The molecule has 7 heteroatoms. The normalized spacial score (nSPS) is 10.7. The van der Waals surface area contributed by atoms with Gasteiger partial charge in [-0.1, -0.05) is 0 Å². The number of nitrogens with one attached hydrogen (secondary N) is 1. The van der Waals surface area contributed by atoms with Crippen LogP contribution in [0.4, 0.5) is 4.79 Å². The summed E-state index contributed by atoms with van der Waals surface area (Å²) in [5, 5.41) is 0. The van der Waals surface area contributed by atoms with Crippen LogP contribution in [0.15, 0.2) is 29.2 Å². The third-order valence-electron chi connectivity index (χ3n) is 1.60. The quantitative estimate of drug-likeness (QED) is 0.766. The van der Waals surface area contributed by atoms with Crippen LogP contribution in [0.2, 0.25) is 0 Å². The third-order valence-corrected chi connectivity index (χ3v) is 2.97. The molecule has 6 nitrogen and oxygen atoms in total. The minimum atomic E-state index is -3.86. The zero-order valence-corrected chi connectivity index (χ0v) is 8.74. The van der Waals surface area contributed by atoms with Crippen molar-refractivity contribution >= 4 is 16.1 Å². The molecule has 1 aromatic carbocycles.